The van der Waals surface area contributed by atoms with E-state index in [1.807, 2.05) is 13.0 Å². The minimum atomic E-state index is -0.320. The van der Waals surface area contributed by atoms with E-state index < -0.39 is 0 Å². The van der Waals surface area contributed by atoms with E-state index in [2.05, 4.69) is 6.07 Å². The number of halogens is 1. The first-order valence-corrected chi connectivity index (χ1v) is 8.66. The quantitative estimate of drug-likeness (QED) is 0.686. The molecule has 0 radical (unpaired) electrons. The van der Waals surface area contributed by atoms with Crippen molar-refractivity contribution in [3.8, 4) is 6.07 Å². The number of hydrogen-bond acceptors (Lipinski definition) is 4. The number of aliphatic hydroxyl groups is 1. The van der Waals surface area contributed by atoms with Crippen LogP contribution >= 0.6 is 0 Å². The van der Waals surface area contributed by atoms with Crippen LogP contribution in [0, 0.1) is 17.1 Å². The van der Waals surface area contributed by atoms with Crippen molar-refractivity contribution in [3.63, 3.8) is 0 Å². The van der Waals surface area contributed by atoms with Gasteiger partial charge in [-0.05, 0) is 60.7 Å². The predicted octanol–water partition coefficient (Wildman–Crippen LogP) is 4.11. The average molecular weight is 357 g/mol. The largest absolute Gasteiger partial charge is 0.392 e. The number of ether oxygens (including phenoxy) is 2. The maximum absolute atomic E-state index is 13.3. The normalized spacial score (nSPS) is 13.2. The Bertz CT molecular complexity index is 740. The molecule has 138 valence electrons. The van der Waals surface area contributed by atoms with Crippen LogP contribution < -0.4 is 0 Å². The monoisotopic (exact) mass is 357 g/mol. The van der Waals surface area contributed by atoms with Gasteiger partial charge in [0.1, 0.15) is 5.82 Å². The third-order valence-electron chi connectivity index (χ3n) is 4.40. The summed E-state index contributed by atoms with van der Waals surface area (Å²) in [5, 5.41) is 18.9. The van der Waals surface area contributed by atoms with Crippen LogP contribution in [0.4, 0.5) is 4.39 Å². The second-order valence-electron chi connectivity index (χ2n) is 5.99. The average Bonchev–Trinajstić information content (AvgIpc) is 2.68. The number of benzene rings is 2. The Kier molecular flexibility index (Phi) is 7.73. The zero-order chi connectivity index (χ0) is 18.9. The SMILES string of the molecule is CCOC(CC[C@@H](c1ccc(F)cc1)c1ccc(C#N)cc1CO)OC. The molecule has 2 atom stereocenters. The lowest BCUT2D eigenvalue weighted by atomic mass is 9.84. The van der Waals surface area contributed by atoms with Gasteiger partial charge >= 0.3 is 0 Å². The summed E-state index contributed by atoms with van der Waals surface area (Å²) in [6.07, 6.45) is 1.03. The molecule has 0 aliphatic heterocycles. The molecule has 0 heterocycles. The molecule has 0 aliphatic carbocycles. The van der Waals surface area contributed by atoms with Crippen molar-refractivity contribution in [1.29, 1.82) is 5.26 Å². The smallest absolute Gasteiger partial charge is 0.157 e. The van der Waals surface area contributed by atoms with Crippen LogP contribution in [0.2, 0.25) is 0 Å². The maximum atomic E-state index is 13.3. The highest BCUT2D eigenvalue weighted by Gasteiger charge is 2.20. The predicted molar refractivity (Wildman–Crippen MR) is 97.0 cm³/mol. The minimum absolute atomic E-state index is 0.0661. The van der Waals surface area contributed by atoms with Crippen molar-refractivity contribution in [2.45, 2.75) is 38.6 Å². The molecule has 0 saturated carbocycles. The Balaban J connectivity index is 2.37. The van der Waals surface area contributed by atoms with E-state index in [4.69, 9.17) is 14.7 Å². The van der Waals surface area contributed by atoms with E-state index >= 15 is 0 Å². The zero-order valence-corrected chi connectivity index (χ0v) is 15.1. The van der Waals surface area contributed by atoms with Crippen LogP contribution in [0.1, 0.15) is 47.9 Å². The summed E-state index contributed by atoms with van der Waals surface area (Å²) >= 11 is 0. The molecule has 0 amide bonds. The van der Waals surface area contributed by atoms with E-state index in [9.17, 15) is 9.50 Å². The van der Waals surface area contributed by atoms with Crippen LogP contribution in [0.3, 0.4) is 0 Å². The summed E-state index contributed by atoms with van der Waals surface area (Å²) in [5.74, 6) is -0.359. The van der Waals surface area contributed by atoms with Gasteiger partial charge in [0.25, 0.3) is 0 Å². The van der Waals surface area contributed by atoms with E-state index in [0.29, 0.717) is 30.6 Å². The van der Waals surface area contributed by atoms with Gasteiger partial charge in [-0.2, -0.15) is 5.26 Å². The Labute approximate surface area is 153 Å². The Morgan fingerprint density at radius 3 is 2.46 bits per heavy atom. The fraction of sp³-hybridized carbons (Fsp3) is 0.381. The van der Waals surface area contributed by atoms with Gasteiger partial charge in [-0.3, -0.25) is 0 Å². The summed E-state index contributed by atoms with van der Waals surface area (Å²) in [7, 11) is 1.61. The van der Waals surface area contributed by atoms with Gasteiger partial charge in [0, 0.05) is 19.6 Å². The van der Waals surface area contributed by atoms with Crippen molar-refractivity contribution in [2.75, 3.05) is 13.7 Å². The Morgan fingerprint density at radius 2 is 1.88 bits per heavy atom. The molecule has 4 nitrogen and oxygen atoms in total. The highest BCUT2D eigenvalue weighted by molar-refractivity contribution is 5.43. The number of nitrogens with zero attached hydrogens (tertiary/aromatic N) is 1. The molecule has 0 aromatic heterocycles. The van der Waals surface area contributed by atoms with Gasteiger partial charge in [0.05, 0.1) is 18.2 Å². The minimum Gasteiger partial charge on any atom is -0.392 e. The number of methoxy groups -OCH3 is 1. The van der Waals surface area contributed by atoms with E-state index in [0.717, 1.165) is 11.1 Å². The maximum Gasteiger partial charge on any atom is 0.157 e. The summed E-state index contributed by atoms with van der Waals surface area (Å²) in [6, 6.07) is 13.8. The third kappa shape index (κ3) is 5.12. The molecule has 2 aromatic rings. The van der Waals surface area contributed by atoms with E-state index in [1.165, 1.54) is 12.1 Å². The van der Waals surface area contributed by atoms with Gasteiger partial charge in [-0.1, -0.05) is 18.2 Å². The molecule has 0 saturated heterocycles. The molecule has 0 fully saturated rings. The van der Waals surface area contributed by atoms with Gasteiger partial charge < -0.3 is 14.6 Å². The molecule has 1 N–H and O–H groups in total. The number of aliphatic hydroxyl groups excluding tert-OH is 1. The number of hydrogen-bond donors (Lipinski definition) is 1. The lowest BCUT2D eigenvalue weighted by Crippen LogP contribution is -2.17. The summed E-state index contributed by atoms with van der Waals surface area (Å²) in [6.45, 7) is 2.30. The summed E-state index contributed by atoms with van der Waals surface area (Å²) in [4.78, 5) is 0. The highest BCUT2D eigenvalue weighted by Crippen LogP contribution is 2.33. The standard InChI is InChI=1S/C21H24FNO3/c1-3-26-21(25-2)11-10-19(16-5-7-18(22)8-6-16)20-9-4-15(13-23)12-17(20)14-24/h4-9,12,19,21,24H,3,10-11,14H2,1-2H3/t19-,21?/m0/s1. The lowest BCUT2D eigenvalue weighted by Gasteiger charge is -2.23. The summed E-state index contributed by atoms with van der Waals surface area (Å²) in [5.41, 5.74) is 3.06. The van der Waals surface area contributed by atoms with E-state index in [1.54, 1.807) is 31.4 Å². The van der Waals surface area contributed by atoms with Crippen molar-refractivity contribution >= 4 is 0 Å². The Morgan fingerprint density at radius 1 is 1.15 bits per heavy atom. The van der Waals surface area contributed by atoms with Gasteiger partial charge in [-0.25, -0.2) is 4.39 Å². The van der Waals surface area contributed by atoms with Crippen LogP contribution in [0.25, 0.3) is 0 Å². The van der Waals surface area contributed by atoms with E-state index in [-0.39, 0.29) is 24.6 Å². The molecule has 1 unspecified atom stereocenters. The van der Waals surface area contributed by atoms with Gasteiger partial charge in [0.2, 0.25) is 0 Å². The van der Waals surface area contributed by atoms with Crippen LogP contribution in [-0.4, -0.2) is 25.1 Å². The topological polar surface area (TPSA) is 62.5 Å². The number of rotatable bonds is 9. The Hall–Kier alpha value is -2.26. The molecule has 0 aliphatic rings. The fourth-order valence-electron chi connectivity index (χ4n) is 3.11. The number of nitriles is 1. The fourth-order valence-corrected chi connectivity index (χ4v) is 3.11. The third-order valence-corrected chi connectivity index (χ3v) is 4.40. The second-order valence-corrected chi connectivity index (χ2v) is 5.99. The molecule has 0 spiro atoms. The summed E-state index contributed by atoms with van der Waals surface area (Å²) < 4.78 is 24.3. The molecular weight excluding hydrogens is 333 g/mol. The van der Waals surface area contributed by atoms with Crippen molar-refractivity contribution in [3.05, 3.63) is 70.5 Å². The second kappa shape index (κ2) is 10.0. The molecule has 26 heavy (non-hydrogen) atoms. The van der Waals surface area contributed by atoms with Crippen LogP contribution in [-0.2, 0) is 16.1 Å². The van der Waals surface area contributed by atoms with Crippen LogP contribution in [0.5, 0.6) is 0 Å². The zero-order valence-electron chi connectivity index (χ0n) is 15.1. The van der Waals surface area contributed by atoms with Crippen molar-refractivity contribution in [2.24, 2.45) is 0 Å². The van der Waals surface area contributed by atoms with Crippen LogP contribution in [0.15, 0.2) is 42.5 Å². The van der Waals surface area contributed by atoms with Gasteiger partial charge in [-0.15, -0.1) is 0 Å². The first kappa shape index (κ1) is 20.1. The molecule has 5 heteroatoms. The van der Waals surface area contributed by atoms with Gasteiger partial charge in [0.15, 0.2) is 6.29 Å². The molecule has 2 rings (SSSR count). The lowest BCUT2D eigenvalue weighted by molar-refractivity contribution is -0.124. The van der Waals surface area contributed by atoms with Crippen molar-refractivity contribution in [1.82, 2.24) is 0 Å². The molecule has 2 aromatic carbocycles. The molecular formula is C21H24FNO3. The highest BCUT2D eigenvalue weighted by atomic mass is 19.1. The first-order chi connectivity index (χ1) is 12.6. The first-order valence-electron chi connectivity index (χ1n) is 8.66. The van der Waals surface area contributed by atoms with Crippen molar-refractivity contribution < 1.29 is 19.0 Å². The molecule has 0 bridgehead atoms.